The average Bonchev–Trinajstić information content (AvgIpc) is 3.14. The van der Waals surface area contributed by atoms with Crippen molar-refractivity contribution in [2.45, 2.75) is 24.3 Å². The van der Waals surface area contributed by atoms with Crippen molar-refractivity contribution in [2.24, 2.45) is 0 Å². The van der Waals surface area contributed by atoms with E-state index in [9.17, 15) is 33.3 Å². The van der Waals surface area contributed by atoms with Gasteiger partial charge in [-0.3, -0.25) is 0 Å². The third-order valence-electron chi connectivity index (χ3n) is 5.84. The number of carbonyl (C=O) groups is 1. The second kappa shape index (κ2) is 9.36. The van der Waals surface area contributed by atoms with Gasteiger partial charge in [-0.05, 0) is 40.5 Å². The van der Waals surface area contributed by atoms with Gasteiger partial charge in [0.2, 0.25) is 0 Å². The van der Waals surface area contributed by atoms with Crippen molar-refractivity contribution in [3.05, 3.63) is 89.0 Å². The van der Waals surface area contributed by atoms with E-state index in [1.54, 1.807) is 0 Å². The summed E-state index contributed by atoms with van der Waals surface area (Å²) in [5.74, 6) is -0.781. The molecule has 0 spiro atoms. The molecule has 1 amide bonds. The molecule has 0 aromatic heterocycles. The zero-order valence-corrected chi connectivity index (χ0v) is 17.8. The average molecular weight is 473 g/mol. The lowest BCUT2D eigenvalue weighted by Crippen LogP contribution is -2.36. The maximum Gasteiger partial charge on any atom is 0.416 e. The van der Waals surface area contributed by atoms with E-state index in [0.717, 1.165) is 28.3 Å². The summed E-state index contributed by atoms with van der Waals surface area (Å²) in [5.41, 5.74) is 2.57. The molecule has 3 aromatic carbocycles. The summed E-state index contributed by atoms with van der Waals surface area (Å²) in [6, 6.07) is 17.6. The maximum absolute atomic E-state index is 12.9. The fraction of sp³-hybridized carbons (Fsp3) is 0.240. The van der Waals surface area contributed by atoms with Gasteiger partial charge >= 0.3 is 12.3 Å². The molecule has 2 atom stereocenters. The Morgan fingerprint density at radius 2 is 1.56 bits per heavy atom. The molecule has 4 N–H and O–H groups in total. The Morgan fingerprint density at radius 3 is 2.15 bits per heavy atom. The van der Waals surface area contributed by atoms with Crippen LogP contribution in [0.4, 0.5) is 18.0 Å². The molecule has 3 aromatic rings. The zero-order valence-electron chi connectivity index (χ0n) is 17.8. The number of nitrogens with one attached hydrogen (secondary N) is 1. The minimum Gasteiger partial charge on any atom is -0.508 e. The predicted molar refractivity (Wildman–Crippen MR) is 117 cm³/mol. The fourth-order valence-corrected chi connectivity index (χ4v) is 4.12. The molecule has 4 rings (SSSR count). The van der Waals surface area contributed by atoms with Crippen LogP contribution in [0.1, 0.15) is 34.3 Å². The molecule has 6 nitrogen and oxygen atoms in total. The summed E-state index contributed by atoms with van der Waals surface area (Å²) >= 11 is 0. The van der Waals surface area contributed by atoms with E-state index >= 15 is 0 Å². The van der Waals surface area contributed by atoms with Crippen LogP contribution < -0.4 is 5.32 Å². The quantitative estimate of drug-likeness (QED) is 0.427. The molecule has 0 bridgehead atoms. The minimum absolute atomic E-state index is 0.0346. The summed E-state index contributed by atoms with van der Waals surface area (Å²) in [6.07, 6.45) is -9.10. The van der Waals surface area contributed by atoms with Crippen LogP contribution >= 0.6 is 0 Å². The Hall–Kier alpha value is -3.56. The number of alkyl halides is 3. The van der Waals surface area contributed by atoms with Gasteiger partial charge in [-0.1, -0.05) is 48.5 Å². The Morgan fingerprint density at radius 1 is 0.971 bits per heavy atom. The summed E-state index contributed by atoms with van der Waals surface area (Å²) in [6.45, 7) is -0.472. The van der Waals surface area contributed by atoms with E-state index in [-0.39, 0.29) is 12.5 Å². The van der Waals surface area contributed by atoms with Crippen molar-refractivity contribution in [1.29, 1.82) is 0 Å². The van der Waals surface area contributed by atoms with Crippen LogP contribution in [0.3, 0.4) is 0 Å². The first-order chi connectivity index (χ1) is 16.2. The second-order valence-corrected chi connectivity index (χ2v) is 7.99. The standard InChI is InChI=1S/C25H22F3NO5/c26-25(27,28)14-9-10-21(30)19(11-14)23(32)22(31)12-29-24(33)34-13-20-17-7-3-1-5-15(17)16-6-2-4-8-18(16)20/h1-11,20,22-23,30-32H,12-13H2,(H,29,33). The van der Waals surface area contributed by atoms with E-state index < -0.39 is 47.9 Å². The molecule has 0 heterocycles. The number of fused-ring (bicyclic) bond motifs is 3. The van der Waals surface area contributed by atoms with Gasteiger partial charge in [-0.25, -0.2) is 4.79 Å². The van der Waals surface area contributed by atoms with Gasteiger partial charge in [-0.2, -0.15) is 13.2 Å². The van der Waals surface area contributed by atoms with Crippen molar-refractivity contribution in [1.82, 2.24) is 5.32 Å². The number of hydrogen-bond donors (Lipinski definition) is 4. The Balaban J connectivity index is 1.36. The first-order valence-corrected chi connectivity index (χ1v) is 10.5. The number of phenols is 1. The highest BCUT2D eigenvalue weighted by molar-refractivity contribution is 5.79. The van der Waals surface area contributed by atoms with Crippen molar-refractivity contribution in [3.63, 3.8) is 0 Å². The van der Waals surface area contributed by atoms with Crippen LogP contribution in [0.5, 0.6) is 5.75 Å². The lowest BCUT2D eigenvalue weighted by Gasteiger charge is -2.21. The molecule has 2 unspecified atom stereocenters. The number of phenolic OH excluding ortho intramolecular Hbond substituents is 1. The molecule has 34 heavy (non-hydrogen) atoms. The normalized spacial score (nSPS) is 14.7. The lowest BCUT2D eigenvalue weighted by atomic mass is 9.98. The Kier molecular flexibility index (Phi) is 6.49. The molecule has 1 aliphatic carbocycles. The van der Waals surface area contributed by atoms with E-state index in [4.69, 9.17) is 4.74 Å². The van der Waals surface area contributed by atoms with Crippen LogP contribution in [-0.4, -0.2) is 40.7 Å². The fourth-order valence-electron chi connectivity index (χ4n) is 4.12. The molecule has 0 fully saturated rings. The third-order valence-corrected chi connectivity index (χ3v) is 5.84. The first-order valence-electron chi connectivity index (χ1n) is 10.5. The molecule has 0 saturated heterocycles. The number of aliphatic hydroxyl groups is 2. The lowest BCUT2D eigenvalue weighted by molar-refractivity contribution is -0.137. The highest BCUT2D eigenvalue weighted by atomic mass is 19.4. The monoisotopic (exact) mass is 473 g/mol. The largest absolute Gasteiger partial charge is 0.508 e. The molecule has 0 radical (unpaired) electrons. The number of aromatic hydroxyl groups is 1. The van der Waals surface area contributed by atoms with Crippen LogP contribution in [0.2, 0.25) is 0 Å². The van der Waals surface area contributed by atoms with E-state index in [2.05, 4.69) is 5.32 Å². The van der Waals surface area contributed by atoms with Crippen molar-refractivity contribution in [3.8, 4) is 16.9 Å². The van der Waals surface area contributed by atoms with Gasteiger partial charge in [-0.15, -0.1) is 0 Å². The number of benzene rings is 3. The Labute approximate surface area is 193 Å². The number of amides is 1. The van der Waals surface area contributed by atoms with Gasteiger partial charge < -0.3 is 25.4 Å². The van der Waals surface area contributed by atoms with E-state index in [1.807, 2.05) is 48.5 Å². The minimum atomic E-state index is -4.69. The van der Waals surface area contributed by atoms with Gasteiger partial charge in [0.1, 0.15) is 24.6 Å². The number of ether oxygens (including phenoxy) is 1. The topological polar surface area (TPSA) is 99.0 Å². The zero-order chi connectivity index (χ0) is 24.5. The molecule has 178 valence electrons. The number of halogens is 3. The number of aliphatic hydroxyl groups excluding tert-OH is 2. The molecule has 0 saturated carbocycles. The van der Waals surface area contributed by atoms with Crippen LogP contribution in [0.25, 0.3) is 11.1 Å². The molecule has 0 aliphatic heterocycles. The van der Waals surface area contributed by atoms with Crippen LogP contribution in [0, 0.1) is 0 Å². The van der Waals surface area contributed by atoms with E-state index in [1.165, 1.54) is 0 Å². The Bertz CT molecular complexity index is 1150. The van der Waals surface area contributed by atoms with Crippen molar-refractivity contribution >= 4 is 6.09 Å². The van der Waals surface area contributed by atoms with Gasteiger partial charge in [0, 0.05) is 18.0 Å². The van der Waals surface area contributed by atoms with Crippen LogP contribution in [-0.2, 0) is 10.9 Å². The number of carbonyl (C=O) groups excluding carboxylic acids is 1. The van der Waals surface area contributed by atoms with Crippen molar-refractivity contribution < 1.29 is 38.0 Å². The van der Waals surface area contributed by atoms with Crippen molar-refractivity contribution in [2.75, 3.05) is 13.2 Å². The SMILES string of the molecule is O=C(NCC(O)C(O)c1cc(C(F)(F)F)ccc1O)OCC1c2ccccc2-c2ccccc21. The highest BCUT2D eigenvalue weighted by Crippen LogP contribution is 2.44. The number of hydrogen-bond acceptors (Lipinski definition) is 5. The van der Waals surface area contributed by atoms with Crippen LogP contribution in [0.15, 0.2) is 66.7 Å². The van der Waals surface area contributed by atoms with E-state index in [0.29, 0.717) is 12.1 Å². The smallest absolute Gasteiger partial charge is 0.416 e. The predicted octanol–water partition coefficient (Wildman–Crippen LogP) is 4.34. The molecule has 1 aliphatic rings. The second-order valence-electron chi connectivity index (χ2n) is 7.99. The maximum atomic E-state index is 12.9. The van der Waals surface area contributed by atoms with Gasteiger partial charge in [0.15, 0.2) is 0 Å². The summed E-state index contributed by atoms with van der Waals surface area (Å²) in [7, 11) is 0. The summed E-state index contributed by atoms with van der Waals surface area (Å²) in [4.78, 5) is 12.2. The molecular weight excluding hydrogens is 451 g/mol. The first kappa shape index (κ1) is 23.6. The molecule has 9 heteroatoms. The number of alkyl carbamates (subject to hydrolysis) is 1. The summed E-state index contributed by atoms with van der Waals surface area (Å²) < 4.78 is 44.1. The molecular formula is C25H22F3NO5. The summed E-state index contributed by atoms with van der Waals surface area (Å²) in [5, 5.41) is 32.5. The van der Waals surface area contributed by atoms with Gasteiger partial charge in [0.05, 0.1) is 5.56 Å². The highest BCUT2D eigenvalue weighted by Gasteiger charge is 2.33. The third kappa shape index (κ3) is 4.71. The van der Waals surface area contributed by atoms with Gasteiger partial charge in [0.25, 0.3) is 0 Å². The number of rotatable bonds is 6.